The van der Waals surface area contributed by atoms with Crippen molar-refractivity contribution in [1.29, 1.82) is 0 Å². The van der Waals surface area contributed by atoms with Crippen molar-refractivity contribution in [2.45, 2.75) is 0 Å². The van der Waals surface area contributed by atoms with Crippen molar-refractivity contribution in [3.8, 4) is 11.5 Å². The number of urea groups is 1. The van der Waals surface area contributed by atoms with Gasteiger partial charge in [0, 0.05) is 22.5 Å². The normalized spacial score (nSPS) is 12.2. The van der Waals surface area contributed by atoms with Crippen molar-refractivity contribution in [2.75, 3.05) is 12.1 Å². The van der Waals surface area contributed by atoms with Gasteiger partial charge in [-0.15, -0.1) is 0 Å². The molecule has 3 aromatic carbocycles. The number of hydrogen-bond acceptors (Lipinski definition) is 6. The lowest BCUT2D eigenvalue weighted by molar-refractivity contribution is 0.174. The molecule has 0 spiro atoms. The molecule has 8 nitrogen and oxygen atoms in total. The number of ether oxygens (including phenoxy) is 2. The summed E-state index contributed by atoms with van der Waals surface area (Å²) in [5.74, 6) is 1.10. The second-order valence-corrected chi connectivity index (χ2v) is 5.30. The van der Waals surface area contributed by atoms with Gasteiger partial charge in [-0.2, -0.15) is 5.10 Å². The predicted octanol–water partition coefficient (Wildman–Crippen LogP) is 0.802. The minimum absolute atomic E-state index is 0.128. The topological polar surface area (TPSA) is 106 Å². The average molecular weight is 337 g/mol. The Balaban J connectivity index is 1.57. The van der Waals surface area contributed by atoms with Gasteiger partial charge in [-0.25, -0.2) is 10.2 Å². The third-order valence-electron chi connectivity index (χ3n) is 3.75. The zero-order chi connectivity index (χ0) is 17.4. The molecule has 1 aliphatic rings. The number of carbonyl (C=O) groups is 1. The summed E-state index contributed by atoms with van der Waals surface area (Å²) in [5.41, 5.74) is 1.59. The Morgan fingerprint density at radius 3 is 2.36 bits per heavy atom. The minimum Gasteiger partial charge on any atom is -0.454 e. The highest BCUT2D eigenvalue weighted by molar-refractivity contribution is 5.89. The maximum absolute atomic E-state index is 12.2. The van der Waals surface area contributed by atoms with Crippen LogP contribution in [0, 0.1) is 0 Å². The van der Waals surface area contributed by atoms with E-state index in [-0.39, 0.29) is 22.9 Å². The number of anilines is 1. The first-order chi connectivity index (χ1) is 12.1. The minimum atomic E-state index is -0.692. The summed E-state index contributed by atoms with van der Waals surface area (Å²) < 4.78 is 10.4. The SMILES string of the molecule is O=C(NN=c1c(=O)c2ccccc2c1=O)Nc1ccc2c(c1)OCO2. The summed E-state index contributed by atoms with van der Waals surface area (Å²) in [6, 6.07) is 10.6. The molecule has 0 radical (unpaired) electrons. The summed E-state index contributed by atoms with van der Waals surface area (Å²) in [4.78, 5) is 36.2. The third-order valence-corrected chi connectivity index (χ3v) is 3.75. The van der Waals surface area contributed by atoms with Gasteiger partial charge in [0.25, 0.3) is 0 Å². The highest BCUT2D eigenvalue weighted by Gasteiger charge is 2.14. The summed E-state index contributed by atoms with van der Waals surface area (Å²) >= 11 is 0. The molecule has 0 saturated carbocycles. The summed E-state index contributed by atoms with van der Waals surface area (Å²) in [6.07, 6.45) is 0. The van der Waals surface area contributed by atoms with Gasteiger partial charge in [0.1, 0.15) is 0 Å². The van der Waals surface area contributed by atoms with Gasteiger partial charge in [0.2, 0.25) is 17.7 Å². The molecule has 1 heterocycles. The first-order valence-corrected chi connectivity index (χ1v) is 7.36. The number of nitrogens with zero attached hydrogens (tertiary/aromatic N) is 1. The molecule has 0 aliphatic carbocycles. The van der Waals surface area contributed by atoms with Crippen molar-refractivity contribution in [3.63, 3.8) is 0 Å². The van der Waals surface area contributed by atoms with E-state index in [1.54, 1.807) is 42.5 Å². The van der Waals surface area contributed by atoms with Gasteiger partial charge in [-0.3, -0.25) is 9.59 Å². The Bertz CT molecular complexity index is 1100. The molecule has 0 bridgehead atoms. The van der Waals surface area contributed by atoms with Gasteiger partial charge in [-0.1, -0.05) is 24.3 Å². The predicted molar refractivity (Wildman–Crippen MR) is 89.1 cm³/mol. The molecule has 4 rings (SSSR count). The highest BCUT2D eigenvalue weighted by atomic mass is 16.7. The quantitative estimate of drug-likeness (QED) is 0.673. The first kappa shape index (κ1) is 14.9. The Labute approximate surface area is 140 Å². The lowest BCUT2D eigenvalue weighted by Gasteiger charge is -2.04. The van der Waals surface area contributed by atoms with Crippen LogP contribution in [0.1, 0.15) is 0 Å². The van der Waals surface area contributed by atoms with Crippen LogP contribution in [-0.2, 0) is 0 Å². The summed E-state index contributed by atoms with van der Waals surface area (Å²) in [6.45, 7) is 0.128. The number of benzene rings is 2. The molecule has 2 N–H and O–H groups in total. The van der Waals surface area contributed by atoms with Crippen LogP contribution in [0.5, 0.6) is 11.5 Å². The second-order valence-electron chi connectivity index (χ2n) is 5.30. The lowest BCUT2D eigenvalue weighted by atomic mass is 10.2. The van der Waals surface area contributed by atoms with E-state index >= 15 is 0 Å². The van der Waals surface area contributed by atoms with Crippen LogP contribution in [0.25, 0.3) is 10.8 Å². The fraction of sp³-hybridized carbons (Fsp3) is 0.0588. The smallest absolute Gasteiger partial charge is 0.339 e. The van der Waals surface area contributed by atoms with E-state index in [0.717, 1.165) is 0 Å². The number of rotatable bonds is 2. The van der Waals surface area contributed by atoms with Gasteiger partial charge in [0.05, 0.1) is 0 Å². The fourth-order valence-electron chi connectivity index (χ4n) is 2.58. The van der Waals surface area contributed by atoms with E-state index in [1.165, 1.54) is 0 Å². The third kappa shape index (κ3) is 2.59. The van der Waals surface area contributed by atoms with Crippen LogP contribution in [0.4, 0.5) is 10.5 Å². The van der Waals surface area contributed by atoms with E-state index in [0.29, 0.717) is 17.2 Å². The highest BCUT2D eigenvalue weighted by Crippen LogP contribution is 2.34. The zero-order valence-corrected chi connectivity index (χ0v) is 12.7. The van der Waals surface area contributed by atoms with E-state index in [9.17, 15) is 14.4 Å². The Kier molecular flexibility index (Phi) is 3.42. The molecule has 0 unspecified atom stereocenters. The van der Waals surface area contributed by atoms with Crippen LogP contribution in [0.15, 0.2) is 57.2 Å². The molecule has 25 heavy (non-hydrogen) atoms. The Hall–Kier alpha value is -3.68. The number of nitrogens with one attached hydrogen (secondary N) is 2. The molecule has 0 atom stereocenters. The number of fused-ring (bicyclic) bond motifs is 2. The second kappa shape index (κ2) is 5.75. The lowest BCUT2D eigenvalue weighted by Crippen LogP contribution is -2.36. The molecule has 124 valence electrons. The molecule has 8 heteroatoms. The van der Waals surface area contributed by atoms with Crippen LogP contribution in [0.3, 0.4) is 0 Å². The standard InChI is InChI=1S/C17H11N3O5/c21-15-10-3-1-2-4-11(10)16(22)14(15)19-20-17(23)18-9-5-6-12-13(7-9)25-8-24-12/h1-7H,8H2,(H2,18,20,23). The van der Waals surface area contributed by atoms with Gasteiger partial charge in [-0.05, 0) is 12.1 Å². The van der Waals surface area contributed by atoms with E-state index in [4.69, 9.17) is 9.47 Å². The molecule has 0 aromatic heterocycles. The van der Waals surface area contributed by atoms with Crippen LogP contribution in [-0.4, -0.2) is 12.8 Å². The molecule has 0 saturated heterocycles. The van der Waals surface area contributed by atoms with Gasteiger partial charge in [0.15, 0.2) is 16.9 Å². The van der Waals surface area contributed by atoms with Gasteiger partial charge >= 0.3 is 6.03 Å². The molecule has 2 amide bonds. The van der Waals surface area contributed by atoms with E-state index in [1.807, 2.05) is 0 Å². The van der Waals surface area contributed by atoms with Crippen molar-refractivity contribution >= 4 is 22.5 Å². The summed E-state index contributed by atoms with van der Waals surface area (Å²) in [5, 5.41) is 6.45. The number of carbonyl (C=O) groups excluding carboxylic acids is 1. The molecular weight excluding hydrogens is 326 g/mol. The molecule has 3 aromatic rings. The number of amides is 2. The van der Waals surface area contributed by atoms with Gasteiger partial charge < -0.3 is 14.8 Å². The van der Waals surface area contributed by atoms with Crippen LogP contribution >= 0.6 is 0 Å². The van der Waals surface area contributed by atoms with Crippen LogP contribution in [0.2, 0.25) is 0 Å². The Morgan fingerprint density at radius 2 is 1.64 bits per heavy atom. The summed E-state index contributed by atoms with van der Waals surface area (Å²) in [7, 11) is 0. The first-order valence-electron chi connectivity index (χ1n) is 7.36. The van der Waals surface area contributed by atoms with Crippen molar-refractivity contribution in [3.05, 3.63) is 68.3 Å². The maximum atomic E-state index is 12.2. The Morgan fingerprint density at radius 1 is 0.960 bits per heavy atom. The maximum Gasteiger partial charge on any atom is 0.339 e. The molecule has 0 fully saturated rings. The largest absolute Gasteiger partial charge is 0.454 e. The molecular formula is C17H11N3O5. The van der Waals surface area contributed by atoms with Crippen molar-refractivity contribution in [1.82, 2.24) is 5.43 Å². The van der Waals surface area contributed by atoms with Crippen molar-refractivity contribution < 1.29 is 14.3 Å². The van der Waals surface area contributed by atoms with E-state index in [2.05, 4.69) is 15.8 Å². The average Bonchev–Trinajstić information content (AvgIpc) is 3.17. The van der Waals surface area contributed by atoms with Crippen LogP contribution < -0.4 is 36.4 Å². The fourth-order valence-corrected chi connectivity index (χ4v) is 2.58. The molecule has 1 aliphatic heterocycles. The monoisotopic (exact) mass is 337 g/mol. The zero-order valence-electron chi connectivity index (χ0n) is 12.7. The van der Waals surface area contributed by atoms with Crippen molar-refractivity contribution in [2.24, 2.45) is 5.10 Å². The van der Waals surface area contributed by atoms with E-state index < -0.39 is 16.9 Å². The number of hydrogen-bond donors (Lipinski definition) is 2.